The number of nitrogens with zero attached hydrogens (tertiary/aromatic N) is 2. The van der Waals surface area contributed by atoms with Crippen LogP contribution in [0.4, 0.5) is 0 Å². The molecule has 0 aromatic heterocycles. The summed E-state index contributed by atoms with van der Waals surface area (Å²) >= 11 is 0. The number of benzene rings is 1. The Kier molecular flexibility index (Phi) is 2.52. The molecule has 1 saturated heterocycles. The maximum absolute atomic E-state index is 5.71. The van der Waals surface area contributed by atoms with Gasteiger partial charge in [-0.05, 0) is 12.0 Å². The van der Waals surface area contributed by atoms with Crippen LogP contribution in [0.2, 0.25) is 0 Å². The second-order valence-electron chi connectivity index (χ2n) is 5.05. The molecule has 0 saturated carbocycles. The molecular formula is C13H18N4. The van der Waals surface area contributed by atoms with E-state index in [1.807, 2.05) is 0 Å². The number of likely N-dealkylation sites (tertiary alicyclic amines) is 1. The highest BCUT2D eigenvalue weighted by Gasteiger charge is 2.40. The third kappa shape index (κ3) is 2.13. The highest BCUT2D eigenvalue weighted by Crippen LogP contribution is 2.25. The molecule has 1 unspecified atom stereocenters. The lowest BCUT2D eigenvalue weighted by molar-refractivity contribution is 0.300. The van der Waals surface area contributed by atoms with Gasteiger partial charge in [0.2, 0.25) is 0 Å². The van der Waals surface area contributed by atoms with Gasteiger partial charge < -0.3 is 11.1 Å². The minimum absolute atomic E-state index is 0.110. The number of rotatable bonds is 2. The van der Waals surface area contributed by atoms with Crippen LogP contribution >= 0.6 is 0 Å². The monoisotopic (exact) mass is 230 g/mol. The summed E-state index contributed by atoms with van der Waals surface area (Å²) in [5.41, 5.74) is 7.19. The number of nitrogens with one attached hydrogen (secondary N) is 1. The second kappa shape index (κ2) is 4.04. The largest absolute Gasteiger partial charge is 0.370 e. The predicted octanol–water partition coefficient (Wildman–Crippen LogP) is 0.549. The quantitative estimate of drug-likeness (QED) is 0.780. The van der Waals surface area contributed by atoms with Gasteiger partial charge in [0.1, 0.15) is 0 Å². The molecule has 0 aliphatic carbocycles. The van der Waals surface area contributed by atoms with Gasteiger partial charge in [-0.15, -0.1) is 0 Å². The van der Waals surface area contributed by atoms with Crippen LogP contribution < -0.4 is 11.1 Å². The zero-order valence-electron chi connectivity index (χ0n) is 9.89. The zero-order valence-corrected chi connectivity index (χ0v) is 9.89. The Hall–Kier alpha value is -1.55. The normalized spacial score (nSPS) is 28.4. The molecule has 3 rings (SSSR count). The first kappa shape index (κ1) is 10.6. The molecule has 2 heterocycles. The van der Waals surface area contributed by atoms with E-state index in [2.05, 4.69) is 45.5 Å². The third-order valence-electron chi connectivity index (χ3n) is 3.63. The van der Waals surface area contributed by atoms with E-state index < -0.39 is 0 Å². The summed E-state index contributed by atoms with van der Waals surface area (Å²) in [6, 6.07) is 10.6. The lowest BCUT2D eigenvalue weighted by Crippen LogP contribution is -2.49. The lowest BCUT2D eigenvalue weighted by Gasteiger charge is -2.24. The molecule has 1 aromatic carbocycles. The Morgan fingerprint density at radius 3 is 2.88 bits per heavy atom. The molecular weight excluding hydrogens is 212 g/mol. The van der Waals surface area contributed by atoms with Gasteiger partial charge in [-0.1, -0.05) is 30.3 Å². The molecule has 1 spiro atoms. The lowest BCUT2D eigenvalue weighted by atomic mass is 10.0. The molecule has 0 radical (unpaired) electrons. The average Bonchev–Trinajstić information content (AvgIpc) is 2.88. The number of nitrogens with two attached hydrogens (primary N) is 1. The SMILES string of the molecule is NC1=NCC2(CCN(Cc3ccccc3)C2)N1. The standard InChI is InChI=1S/C13H18N4/c14-12-15-9-13(16-12)6-7-17(10-13)8-11-4-2-1-3-5-11/h1-5H,6-10H2,(H3,14,15,16). The molecule has 1 fully saturated rings. The van der Waals surface area contributed by atoms with Gasteiger partial charge in [0.15, 0.2) is 5.96 Å². The van der Waals surface area contributed by atoms with Crippen molar-refractivity contribution in [1.82, 2.24) is 10.2 Å². The van der Waals surface area contributed by atoms with Crippen LogP contribution in [0, 0.1) is 0 Å². The molecule has 90 valence electrons. The molecule has 4 nitrogen and oxygen atoms in total. The van der Waals surface area contributed by atoms with Gasteiger partial charge in [0, 0.05) is 19.6 Å². The van der Waals surface area contributed by atoms with Gasteiger partial charge in [-0.3, -0.25) is 9.89 Å². The number of aliphatic imine (C=N–C) groups is 1. The third-order valence-corrected chi connectivity index (χ3v) is 3.63. The number of guanidine groups is 1. The van der Waals surface area contributed by atoms with Crippen molar-refractivity contribution in [3.63, 3.8) is 0 Å². The molecule has 2 aliphatic heterocycles. The van der Waals surface area contributed by atoms with Crippen molar-refractivity contribution in [2.45, 2.75) is 18.5 Å². The summed E-state index contributed by atoms with van der Waals surface area (Å²) in [6.45, 7) is 3.99. The van der Waals surface area contributed by atoms with E-state index in [1.165, 1.54) is 5.56 Å². The van der Waals surface area contributed by atoms with E-state index in [1.54, 1.807) is 0 Å². The van der Waals surface area contributed by atoms with E-state index >= 15 is 0 Å². The maximum Gasteiger partial charge on any atom is 0.189 e. The van der Waals surface area contributed by atoms with Gasteiger partial charge >= 0.3 is 0 Å². The first-order chi connectivity index (χ1) is 8.26. The van der Waals surface area contributed by atoms with Crippen LogP contribution in [-0.2, 0) is 6.54 Å². The van der Waals surface area contributed by atoms with Gasteiger partial charge in [0.25, 0.3) is 0 Å². The molecule has 2 aliphatic rings. The van der Waals surface area contributed by atoms with E-state index in [9.17, 15) is 0 Å². The van der Waals surface area contributed by atoms with Crippen molar-refractivity contribution < 1.29 is 0 Å². The molecule has 0 bridgehead atoms. The molecule has 17 heavy (non-hydrogen) atoms. The fourth-order valence-electron chi connectivity index (χ4n) is 2.75. The van der Waals surface area contributed by atoms with Crippen molar-refractivity contribution in [2.24, 2.45) is 10.7 Å². The summed E-state index contributed by atoms with van der Waals surface area (Å²) < 4.78 is 0. The van der Waals surface area contributed by atoms with Crippen LogP contribution in [0.1, 0.15) is 12.0 Å². The van der Waals surface area contributed by atoms with Gasteiger partial charge in [-0.25, -0.2) is 0 Å². The highest BCUT2D eigenvalue weighted by molar-refractivity contribution is 5.80. The Labute approximate surface area is 102 Å². The number of hydrogen-bond donors (Lipinski definition) is 2. The molecule has 0 amide bonds. The van der Waals surface area contributed by atoms with Crippen molar-refractivity contribution in [2.75, 3.05) is 19.6 Å². The van der Waals surface area contributed by atoms with Gasteiger partial charge in [-0.2, -0.15) is 0 Å². The van der Waals surface area contributed by atoms with Gasteiger partial charge in [0.05, 0.1) is 12.1 Å². The minimum atomic E-state index is 0.110. The van der Waals surface area contributed by atoms with E-state index in [-0.39, 0.29) is 5.54 Å². The van der Waals surface area contributed by atoms with E-state index in [0.717, 1.165) is 32.6 Å². The Morgan fingerprint density at radius 1 is 1.35 bits per heavy atom. The predicted molar refractivity (Wildman–Crippen MR) is 68.7 cm³/mol. The fraction of sp³-hybridized carbons (Fsp3) is 0.462. The van der Waals surface area contributed by atoms with Crippen LogP contribution in [0.15, 0.2) is 35.3 Å². The first-order valence-corrected chi connectivity index (χ1v) is 6.10. The zero-order chi connectivity index (χ0) is 11.7. The van der Waals surface area contributed by atoms with Crippen LogP contribution in [0.25, 0.3) is 0 Å². The number of hydrogen-bond acceptors (Lipinski definition) is 4. The summed E-state index contributed by atoms with van der Waals surface area (Å²) in [5.74, 6) is 0.603. The van der Waals surface area contributed by atoms with E-state index in [4.69, 9.17) is 5.73 Å². The summed E-state index contributed by atoms with van der Waals surface area (Å²) in [5, 5.41) is 3.33. The molecule has 3 N–H and O–H groups in total. The molecule has 1 atom stereocenters. The maximum atomic E-state index is 5.71. The highest BCUT2D eigenvalue weighted by atomic mass is 15.3. The van der Waals surface area contributed by atoms with Crippen molar-refractivity contribution in [1.29, 1.82) is 0 Å². The Bertz CT molecular complexity index is 428. The summed E-state index contributed by atoms with van der Waals surface area (Å²) in [7, 11) is 0. The summed E-state index contributed by atoms with van der Waals surface area (Å²) in [6.07, 6.45) is 1.13. The Morgan fingerprint density at radius 2 is 2.18 bits per heavy atom. The second-order valence-corrected chi connectivity index (χ2v) is 5.05. The van der Waals surface area contributed by atoms with Crippen LogP contribution in [-0.4, -0.2) is 36.0 Å². The molecule has 4 heteroatoms. The molecule has 1 aromatic rings. The fourth-order valence-corrected chi connectivity index (χ4v) is 2.75. The van der Waals surface area contributed by atoms with Crippen molar-refractivity contribution in [3.8, 4) is 0 Å². The van der Waals surface area contributed by atoms with Crippen LogP contribution in [0.5, 0.6) is 0 Å². The topological polar surface area (TPSA) is 53.6 Å². The minimum Gasteiger partial charge on any atom is -0.370 e. The van der Waals surface area contributed by atoms with Crippen molar-refractivity contribution in [3.05, 3.63) is 35.9 Å². The summed E-state index contributed by atoms with van der Waals surface area (Å²) in [4.78, 5) is 6.74. The average molecular weight is 230 g/mol. The van der Waals surface area contributed by atoms with Crippen LogP contribution in [0.3, 0.4) is 0 Å². The first-order valence-electron chi connectivity index (χ1n) is 6.10. The van der Waals surface area contributed by atoms with Crippen molar-refractivity contribution >= 4 is 5.96 Å². The van der Waals surface area contributed by atoms with E-state index in [0.29, 0.717) is 5.96 Å². The smallest absolute Gasteiger partial charge is 0.189 e. The Balaban J connectivity index is 1.62.